The van der Waals surface area contributed by atoms with Crippen LogP contribution in [0.3, 0.4) is 0 Å². The molecule has 2 aliphatic heterocycles. The number of carboxylic acids is 1. The van der Waals surface area contributed by atoms with Crippen molar-refractivity contribution < 1.29 is 24.2 Å². The van der Waals surface area contributed by atoms with E-state index in [1.165, 1.54) is 11.8 Å². The number of rotatable bonds is 3. The first-order chi connectivity index (χ1) is 10.5. The van der Waals surface area contributed by atoms with Crippen molar-refractivity contribution in [3.63, 3.8) is 0 Å². The van der Waals surface area contributed by atoms with E-state index in [1.807, 2.05) is 0 Å². The van der Waals surface area contributed by atoms with E-state index in [4.69, 9.17) is 4.74 Å². The third-order valence-corrected chi connectivity index (χ3v) is 4.73. The summed E-state index contributed by atoms with van der Waals surface area (Å²) >= 11 is 1.40. The maximum atomic E-state index is 12.3. The van der Waals surface area contributed by atoms with E-state index >= 15 is 0 Å². The van der Waals surface area contributed by atoms with Crippen LogP contribution in [-0.4, -0.2) is 47.4 Å². The zero-order valence-corrected chi connectivity index (χ0v) is 12.4. The highest BCUT2D eigenvalue weighted by molar-refractivity contribution is 8.00. The van der Waals surface area contributed by atoms with E-state index < -0.39 is 17.4 Å². The SMILES string of the molecule is O=C1CSc2ccc(C(=O)NC3(C(=O)O)CCOC3)cc2N1. The molecule has 2 heterocycles. The number of carboxylic acid groups (broad SMARTS) is 1. The Bertz CT molecular complexity index is 655. The molecule has 1 aromatic carbocycles. The minimum atomic E-state index is -1.38. The summed E-state index contributed by atoms with van der Waals surface area (Å²) in [5.41, 5.74) is -0.514. The summed E-state index contributed by atoms with van der Waals surface area (Å²) in [5.74, 6) is -1.39. The van der Waals surface area contributed by atoms with Crippen molar-refractivity contribution in [3.8, 4) is 0 Å². The van der Waals surface area contributed by atoms with Crippen LogP contribution >= 0.6 is 11.8 Å². The van der Waals surface area contributed by atoms with Gasteiger partial charge in [-0.2, -0.15) is 0 Å². The fourth-order valence-corrected chi connectivity index (χ4v) is 3.19. The molecule has 1 atom stereocenters. The summed E-state index contributed by atoms with van der Waals surface area (Å²) in [7, 11) is 0. The normalized spacial score (nSPS) is 23.5. The van der Waals surface area contributed by atoms with E-state index in [-0.39, 0.29) is 18.9 Å². The van der Waals surface area contributed by atoms with Gasteiger partial charge >= 0.3 is 5.97 Å². The van der Waals surface area contributed by atoms with Gasteiger partial charge in [-0.1, -0.05) is 0 Å². The van der Waals surface area contributed by atoms with Crippen molar-refractivity contribution in [2.45, 2.75) is 16.9 Å². The lowest BCUT2D eigenvalue weighted by atomic mass is 9.98. The number of benzene rings is 1. The van der Waals surface area contributed by atoms with Crippen molar-refractivity contribution in [2.24, 2.45) is 0 Å². The van der Waals surface area contributed by atoms with Crippen LogP contribution < -0.4 is 10.6 Å². The first kappa shape index (κ1) is 14.9. The molecule has 2 aliphatic rings. The summed E-state index contributed by atoms with van der Waals surface area (Å²) in [6.45, 7) is 0.245. The first-order valence-corrected chi connectivity index (χ1v) is 7.69. The number of hydrogen-bond donors (Lipinski definition) is 3. The van der Waals surface area contributed by atoms with Crippen LogP contribution in [-0.2, 0) is 14.3 Å². The van der Waals surface area contributed by atoms with Gasteiger partial charge in [0.2, 0.25) is 5.91 Å². The molecule has 7 nitrogen and oxygen atoms in total. The standard InChI is InChI=1S/C14H14N2O5S/c17-11-6-22-10-2-1-8(5-9(10)15-11)12(18)16-14(13(19)20)3-4-21-7-14/h1-2,5H,3-4,6-7H2,(H,15,17)(H,16,18)(H,19,20). The molecule has 0 aromatic heterocycles. The predicted octanol–water partition coefficient (Wildman–Crippen LogP) is 0.704. The number of amides is 2. The number of hydrogen-bond acceptors (Lipinski definition) is 5. The quantitative estimate of drug-likeness (QED) is 0.757. The highest BCUT2D eigenvalue weighted by Crippen LogP contribution is 2.32. The second kappa shape index (κ2) is 5.62. The molecule has 116 valence electrons. The molecule has 1 fully saturated rings. The smallest absolute Gasteiger partial charge is 0.331 e. The van der Waals surface area contributed by atoms with Crippen molar-refractivity contribution in [3.05, 3.63) is 23.8 Å². The second-order valence-corrected chi connectivity index (χ2v) is 6.21. The number of carbonyl (C=O) groups excluding carboxylic acids is 2. The minimum absolute atomic E-state index is 0.0500. The molecule has 1 saturated heterocycles. The number of aliphatic carboxylic acids is 1. The van der Waals surface area contributed by atoms with E-state index in [1.54, 1.807) is 18.2 Å². The third kappa shape index (κ3) is 2.67. The third-order valence-electron chi connectivity index (χ3n) is 3.66. The maximum Gasteiger partial charge on any atom is 0.331 e. The zero-order chi connectivity index (χ0) is 15.7. The van der Waals surface area contributed by atoms with E-state index in [9.17, 15) is 19.5 Å². The zero-order valence-electron chi connectivity index (χ0n) is 11.5. The number of ether oxygens (including phenoxy) is 1. The second-order valence-electron chi connectivity index (χ2n) is 5.19. The fourth-order valence-electron chi connectivity index (χ4n) is 2.40. The molecule has 1 aromatic rings. The number of anilines is 1. The molecular formula is C14H14N2O5S. The number of nitrogens with one attached hydrogen (secondary N) is 2. The van der Waals surface area contributed by atoms with Gasteiger partial charge in [0.15, 0.2) is 5.54 Å². The minimum Gasteiger partial charge on any atom is -0.479 e. The largest absolute Gasteiger partial charge is 0.479 e. The van der Waals surface area contributed by atoms with Gasteiger partial charge in [0.25, 0.3) is 5.91 Å². The van der Waals surface area contributed by atoms with Gasteiger partial charge < -0.3 is 20.5 Å². The Morgan fingerprint density at radius 2 is 2.23 bits per heavy atom. The maximum absolute atomic E-state index is 12.3. The molecule has 0 saturated carbocycles. The Kier molecular flexibility index (Phi) is 3.79. The topological polar surface area (TPSA) is 105 Å². The molecule has 0 aliphatic carbocycles. The Labute approximate surface area is 130 Å². The average Bonchev–Trinajstić information content (AvgIpc) is 2.96. The molecule has 0 spiro atoms. The Hall–Kier alpha value is -2.06. The summed E-state index contributed by atoms with van der Waals surface area (Å²) < 4.78 is 5.11. The lowest BCUT2D eigenvalue weighted by Crippen LogP contribution is -2.55. The highest BCUT2D eigenvalue weighted by Gasteiger charge is 2.44. The Balaban J connectivity index is 1.82. The average molecular weight is 322 g/mol. The lowest BCUT2D eigenvalue weighted by Gasteiger charge is -2.24. The van der Waals surface area contributed by atoms with Crippen molar-refractivity contribution in [1.29, 1.82) is 0 Å². The van der Waals surface area contributed by atoms with Crippen molar-refractivity contribution in [1.82, 2.24) is 5.32 Å². The van der Waals surface area contributed by atoms with E-state index in [0.29, 0.717) is 23.6 Å². The van der Waals surface area contributed by atoms with Gasteiger partial charge in [-0.3, -0.25) is 9.59 Å². The van der Waals surface area contributed by atoms with Gasteiger partial charge in [0.1, 0.15) is 0 Å². The highest BCUT2D eigenvalue weighted by atomic mass is 32.2. The van der Waals surface area contributed by atoms with Crippen LogP contribution in [0.1, 0.15) is 16.8 Å². The van der Waals surface area contributed by atoms with Crippen LogP contribution in [0.15, 0.2) is 23.1 Å². The van der Waals surface area contributed by atoms with Crippen LogP contribution in [0.4, 0.5) is 5.69 Å². The van der Waals surface area contributed by atoms with Crippen molar-refractivity contribution >= 4 is 35.2 Å². The fraction of sp³-hybridized carbons (Fsp3) is 0.357. The molecule has 1 unspecified atom stereocenters. The van der Waals surface area contributed by atoms with Gasteiger partial charge in [0.05, 0.1) is 18.0 Å². The van der Waals surface area contributed by atoms with Crippen LogP contribution in [0.2, 0.25) is 0 Å². The summed E-state index contributed by atoms with van der Waals surface area (Å²) in [6.07, 6.45) is 0.228. The lowest BCUT2D eigenvalue weighted by molar-refractivity contribution is -0.144. The number of fused-ring (bicyclic) bond motifs is 1. The summed E-state index contributed by atoms with van der Waals surface area (Å²) in [6, 6.07) is 4.91. The summed E-state index contributed by atoms with van der Waals surface area (Å²) in [5, 5.41) is 14.6. The van der Waals surface area contributed by atoms with Gasteiger partial charge in [-0.15, -0.1) is 11.8 Å². The number of carbonyl (C=O) groups is 3. The van der Waals surface area contributed by atoms with Crippen molar-refractivity contribution in [2.75, 3.05) is 24.3 Å². The molecule has 8 heteroatoms. The monoisotopic (exact) mass is 322 g/mol. The van der Waals surface area contributed by atoms with Crippen LogP contribution in [0.5, 0.6) is 0 Å². The molecule has 3 rings (SSSR count). The van der Waals surface area contributed by atoms with E-state index in [0.717, 1.165) is 4.90 Å². The molecule has 0 bridgehead atoms. The first-order valence-electron chi connectivity index (χ1n) is 6.70. The molecule has 2 amide bonds. The number of thioether (sulfide) groups is 1. The van der Waals surface area contributed by atoms with Gasteiger partial charge in [0, 0.05) is 23.5 Å². The summed E-state index contributed by atoms with van der Waals surface area (Å²) in [4.78, 5) is 36.0. The van der Waals surface area contributed by atoms with Crippen LogP contribution in [0.25, 0.3) is 0 Å². The molecule has 22 heavy (non-hydrogen) atoms. The Morgan fingerprint density at radius 1 is 1.41 bits per heavy atom. The predicted molar refractivity (Wildman–Crippen MR) is 79.1 cm³/mol. The molecular weight excluding hydrogens is 308 g/mol. The Morgan fingerprint density at radius 3 is 2.91 bits per heavy atom. The van der Waals surface area contributed by atoms with E-state index in [2.05, 4.69) is 10.6 Å². The molecule has 0 radical (unpaired) electrons. The van der Waals surface area contributed by atoms with Gasteiger partial charge in [-0.05, 0) is 18.2 Å². The van der Waals surface area contributed by atoms with Crippen LogP contribution in [0, 0.1) is 0 Å². The van der Waals surface area contributed by atoms with Gasteiger partial charge in [-0.25, -0.2) is 4.79 Å². The molecule has 3 N–H and O–H groups in total.